The molecule has 45 heteroatoms. The van der Waals surface area contributed by atoms with Crippen molar-refractivity contribution in [3.8, 4) is 99.7 Å². The van der Waals surface area contributed by atoms with Crippen molar-refractivity contribution >= 4 is 257 Å². The number of unbranched alkanes of at least 4 members (excludes halogenated alkanes) is 3. The van der Waals surface area contributed by atoms with Gasteiger partial charge in [0, 0.05) is 116 Å². The van der Waals surface area contributed by atoms with Crippen LogP contribution in [0.15, 0.2) is 205 Å². The summed E-state index contributed by atoms with van der Waals surface area (Å²) in [5, 5.41) is 10.6. The molecule has 6 atom stereocenters. The average Bonchev–Trinajstić information content (AvgIpc) is 1.61. The van der Waals surface area contributed by atoms with Crippen molar-refractivity contribution in [1.29, 1.82) is 0 Å². The summed E-state index contributed by atoms with van der Waals surface area (Å²) in [5.41, 5.74) is 23.3. The molecular formula is C98H93N19O10S16. The van der Waals surface area contributed by atoms with Crippen molar-refractivity contribution in [2.24, 2.45) is 11.7 Å². The van der Waals surface area contributed by atoms with Crippen LogP contribution in [0.25, 0.3) is 150 Å². The lowest BCUT2D eigenvalue weighted by molar-refractivity contribution is 0.147. The molecule has 23 rings (SSSR count). The van der Waals surface area contributed by atoms with Crippen molar-refractivity contribution in [2.45, 2.75) is 143 Å². The van der Waals surface area contributed by atoms with Crippen molar-refractivity contribution in [2.75, 3.05) is 54.8 Å². The highest BCUT2D eigenvalue weighted by Crippen LogP contribution is 2.50. The molecule has 1 amide bonds. The van der Waals surface area contributed by atoms with Gasteiger partial charge in [0.1, 0.15) is 85.9 Å². The van der Waals surface area contributed by atoms with Gasteiger partial charge in [0.2, 0.25) is 5.89 Å². The summed E-state index contributed by atoms with van der Waals surface area (Å²) in [5.74, 6) is 11.7. The van der Waals surface area contributed by atoms with Crippen LogP contribution in [0.4, 0.5) is 10.5 Å². The SMILES string of the molecule is C=S1CCCc2c1sc1nc(-c3ccc(C)s3)cc(OCCOC)c21.CCCCCS(=O)c1nc2ccc(-c3cccs3)nc2s1.CCCCS(=O)c1sc2nc(-c3nccs3)cc(-c3cccnc3)c2c1N.CCCS(=O)c1nc2c(OC(N)=O)nc(C)nc2s1.O=S(CC1CC1)c1cc2c(-c3ncccn3)nc(-c3nccs3)nc2s1.O=S(c1nc2c(-c3ccccc3)cc(-c3ncco3)nc2s1)C1CC1. The number of benzene rings is 1. The van der Waals surface area contributed by atoms with Gasteiger partial charge in [-0.2, -0.15) is 15.5 Å². The fraction of sp³-hybridized carbons (Fsp3) is 0.276. The van der Waals surface area contributed by atoms with Gasteiger partial charge >= 0.3 is 6.09 Å². The molecule has 2 aliphatic carbocycles. The number of aryl methyl sites for hydroxylation is 3. The van der Waals surface area contributed by atoms with Crippen LogP contribution in [0, 0.1) is 19.8 Å². The number of hydrogen-bond donors (Lipinski definition) is 2. The Morgan fingerprint density at radius 1 is 0.545 bits per heavy atom. The smallest absolute Gasteiger partial charge is 0.411 e. The van der Waals surface area contributed by atoms with Crippen LogP contribution in [0.5, 0.6) is 11.6 Å². The molecule has 19 aromatic heterocycles. The lowest BCUT2D eigenvalue weighted by Gasteiger charge is -2.16. The van der Waals surface area contributed by atoms with E-state index in [-0.39, 0.29) is 21.6 Å². The molecule has 143 heavy (non-hydrogen) atoms. The Balaban J connectivity index is 0.000000114. The predicted octanol–water partition coefficient (Wildman–Crippen LogP) is 24.5. The average molecular weight is 2210 g/mol. The zero-order valence-electron chi connectivity index (χ0n) is 77.9. The van der Waals surface area contributed by atoms with E-state index in [0.717, 1.165) is 174 Å². The number of thiazole rings is 5. The Morgan fingerprint density at radius 2 is 1.27 bits per heavy atom. The number of nitrogens with zero attached hydrogens (tertiary/aromatic N) is 17. The fourth-order valence-corrected chi connectivity index (χ4v) is 33.5. The van der Waals surface area contributed by atoms with E-state index in [1.807, 2.05) is 119 Å². The second-order valence-corrected chi connectivity index (χ2v) is 53.4. The second-order valence-electron chi connectivity index (χ2n) is 32.5. The molecule has 2 fully saturated rings. The highest BCUT2D eigenvalue weighted by Gasteiger charge is 2.34. The van der Waals surface area contributed by atoms with Gasteiger partial charge in [-0.1, -0.05) is 122 Å². The summed E-state index contributed by atoms with van der Waals surface area (Å²) < 4.78 is 88.4. The number of aromatic nitrogens is 17. The molecular weight excluding hydrogens is 2120 g/mol. The van der Waals surface area contributed by atoms with Crippen LogP contribution in [-0.4, -0.2) is 172 Å². The van der Waals surface area contributed by atoms with Gasteiger partial charge in [-0.15, -0.1) is 79.4 Å². The Kier molecular flexibility index (Phi) is 34.5. The number of thiophene rings is 5. The van der Waals surface area contributed by atoms with Crippen LogP contribution >= 0.6 is 124 Å². The van der Waals surface area contributed by atoms with Crippen LogP contribution in [0.2, 0.25) is 0 Å². The number of nitrogen functional groups attached to an aromatic ring is 1. The summed E-state index contributed by atoms with van der Waals surface area (Å²) in [6, 6.07) is 36.0. The first-order valence-electron chi connectivity index (χ1n) is 45.5. The number of ether oxygens (including phenoxy) is 3. The maximum atomic E-state index is 12.7. The van der Waals surface area contributed by atoms with Gasteiger partial charge in [0.15, 0.2) is 40.0 Å². The third-order valence-corrected chi connectivity index (χ3v) is 43.3. The molecule has 736 valence electrons. The number of carbonyl (C=O) groups is 1. The van der Waals surface area contributed by atoms with Crippen LogP contribution in [0.3, 0.4) is 0 Å². The summed E-state index contributed by atoms with van der Waals surface area (Å²) in [6.07, 6.45) is 25.3. The molecule has 2 saturated carbocycles. The third-order valence-electron chi connectivity index (χ3n) is 21.9. The molecule has 3 aliphatic rings. The molecule has 0 radical (unpaired) electrons. The maximum absolute atomic E-state index is 12.7. The standard InChI is InChI=1S/C19H18N4OS3.C19H21NO2S3.C18H13N3O2S2.C17H13N5OS3.C15H16N2OS3.C10H12N4O3S2/c1-2-3-9-27(24)19-16(20)15-13(12-5-4-6-21-11-12)10-14(23-18(15)26-19)17-22-7-8-25-17;1-12-6-7-16(23-12)14-11-15(22-9-8-21-2)17-13-5-4-10-25(3)19(13)24-18(17)20-14;22-25(12-6-7-12)18-21-15-13(11-4-2-1-3-5-11)10-14(20-17(15)24-18)16-19-8-9-23-16;23-26(9-10-2-3-10)12-8-11-13(14-18-4-1-5-19-14)21-15(22-16(11)25-12)17-20-6-7-24-17;1-2-3-4-10-21(18)15-17-12-8-7-11(16-14(12)20-15)13-6-5-9-19-13;1-3-4-19(16)10-14-6-7(17-9(11)15)12-5(2)13-8(6)18-10/h4-8,10-11H,2-3,9,20H2,1H3;6-7,11H,3-5,8-10H2,1-2H3;1-5,8-10,12H,6-7H2;1,4-8,10H,2-3,9H2;5-9H,2-4,10H2,1H3;3-4H2,1-2H3,(H2,11,15). The van der Waals surface area contributed by atoms with Gasteiger partial charge in [-0.05, 0) is 166 Å². The zero-order chi connectivity index (χ0) is 99.2. The zero-order valence-corrected chi connectivity index (χ0v) is 91.0. The van der Waals surface area contributed by atoms with E-state index in [4.69, 9.17) is 40.1 Å². The van der Waals surface area contributed by atoms with E-state index < -0.39 is 60.1 Å². The van der Waals surface area contributed by atoms with Crippen molar-refractivity contribution in [3.05, 3.63) is 191 Å². The first-order valence-corrected chi connectivity index (χ1v) is 61.9. The number of methoxy groups -OCH3 is 1. The number of nitrogens with two attached hydrogens (primary N) is 2. The van der Waals surface area contributed by atoms with Crippen LogP contribution < -0.4 is 20.9 Å². The highest BCUT2D eigenvalue weighted by molar-refractivity contribution is 8.15. The van der Waals surface area contributed by atoms with E-state index in [0.29, 0.717) is 104 Å². The third kappa shape index (κ3) is 25.1. The minimum atomic E-state index is -1.18. The summed E-state index contributed by atoms with van der Waals surface area (Å²) >= 11 is 15.2. The first-order chi connectivity index (χ1) is 69.7. The largest absolute Gasteiger partial charge is 0.490 e. The van der Waals surface area contributed by atoms with Gasteiger partial charge < -0.3 is 30.1 Å². The quantitative estimate of drug-likeness (QED) is 0.0312. The monoisotopic (exact) mass is 2210 g/mol. The number of rotatable bonds is 30. The Bertz CT molecular complexity index is 7990. The molecule has 1 aromatic carbocycles. The number of amides is 1. The van der Waals surface area contributed by atoms with E-state index in [1.54, 1.807) is 91.3 Å². The number of oxazole rings is 1. The minimum Gasteiger partial charge on any atom is -0.490 e. The Morgan fingerprint density at radius 3 is 1.99 bits per heavy atom. The summed E-state index contributed by atoms with van der Waals surface area (Å²) in [7, 11) is -3.52. The lowest BCUT2D eigenvalue weighted by atomic mass is 10.0. The number of pyridine rings is 5. The maximum Gasteiger partial charge on any atom is 0.411 e. The van der Waals surface area contributed by atoms with Gasteiger partial charge in [-0.3, -0.25) is 26.0 Å². The Labute approximate surface area is 877 Å². The molecule has 20 aromatic rings. The second kappa shape index (κ2) is 48.2. The number of hydrogen-bond acceptors (Lipinski definition) is 38. The van der Waals surface area contributed by atoms with E-state index in [1.165, 1.54) is 124 Å². The van der Waals surface area contributed by atoms with Crippen LogP contribution in [0.1, 0.15) is 108 Å². The lowest BCUT2D eigenvalue weighted by Crippen LogP contribution is -2.17. The number of fused-ring (bicyclic) bond motifs is 8. The van der Waals surface area contributed by atoms with Crippen molar-refractivity contribution in [3.63, 3.8) is 0 Å². The van der Waals surface area contributed by atoms with Gasteiger partial charge in [0.05, 0.1) is 107 Å². The normalized spacial score (nSPS) is 14.4. The number of primary amides is 1. The van der Waals surface area contributed by atoms with Gasteiger partial charge in [-0.25, -0.2) is 79.6 Å². The van der Waals surface area contributed by atoms with Crippen molar-refractivity contribution < 1.29 is 44.5 Å². The molecule has 20 heterocycles. The van der Waals surface area contributed by atoms with Crippen molar-refractivity contribution in [1.82, 2.24) is 84.7 Å². The van der Waals surface area contributed by atoms with E-state index >= 15 is 0 Å². The van der Waals surface area contributed by atoms with Crippen LogP contribution in [-0.2, 0) is 65.2 Å². The molecule has 4 N–H and O–H groups in total. The van der Waals surface area contributed by atoms with Gasteiger partial charge in [0.25, 0.3) is 5.88 Å². The predicted molar refractivity (Wildman–Crippen MR) is 590 cm³/mol. The number of carbonyl (C=O) groups excluding carboxylic acids is 1. The minimum absolute atomic E-state index is 0.00555. The molecule has 1 aliphatic heterocycles. The topological polar surface area (TPSA) is 414 Å². The highest BCUT2D eigenvalue weighted by atomic mass is 32.2. The molecule has 0 spiro atoms. The van der Waals surface area contributed by atoms with E-state index in [2.05, 4.69) is 126 Å². The molecule has 29 nitrogen and oxygen atoms in total. The Hall–Kier alpha value is -10.6. The summed E-state index contributed by atoms with van der Waals surface area (Å²) in [6.45, 7) is 11.1. The summed E-state index contributed by atoms with van der Waals surface area (Å²) in [4.78, 5) is 95.0. The number of anilines is 1. The molecule has 0 saturated heterocycles. The first kappa shape index (κ1) is 102. The fourth-order valence-electron chi connectivity index (χ4n) is 14.7. The molecule has 0 bridgehead atoms. The molecule has 6 unspecified atom stereocenters. The van der Waals surface area contributed by atoms with E-state index in [9.17, 15) is 25.8 Å².